The van der Waals surface area contributed by atoms with E-state index in [1.165, 1.54) is 51.1 Å². The molecule has 0 heterocycles. The van der Waals surface area contributed by atoms with Crippen molar-refractivity contribution in [3.8, 4) is 0 Å². The van der Waals surface area contributed by atoms with Crippen LogP contribution in [0.4, 0.5) is 0 Å². The van der Waals surface area contributed by atoms with Crippen molar-refractivity contribution in [2.45, 2.75) is 58.8 Å². The van der Waals surface area contributed by atoms with Crippen LogP contribution >= 0.6 is 9.24 Å². The largest absolute Gasteiger partial charge is 0.381 e. The molecule has 2 unspecified atom stereocenters. The molecule has 102 valence electrons. The first-order chi connectivity index (χ1) is 8.31. The van der Waals surface area contributed by atoms with E-state index in [9.17, 15) is 0 Å². The highest BCUT2D eigenvalue weighted by molar-refractivity contribution is 7.16. The number of ether oxygens (including phenoxy) is 1. The third-order valence-corrected chi connectivity index (χ3v) is 3.27. The zero-order valence-corrected chi connectivity index (χ0v) is 12.9. The molecular weight excluding hydrogens is 227 g/mol. The molecule has 0 spiro atoms. The molecule has 2 heteroatoms. The van der Waals surface area contributed by atoms with Crippen LogP contribution < -0.4 is 0 Å². The summed E-state index contributed by atoms with van der Waals surface area (Å²) in [5.74, 6) is 0.710. The predicted octanol–water partition coefficient (Wildman–Crippen LogP) is 4.82. The maximum atomic E-state index is 5.63. The maximum absolute atomic E-state index is 5.63. The molecule has 0 aromatic rings. The molecule has 0 aliphatic heterocycles. The summed E-state index contributed by atoms with van der Waals surface area (Å²) in [6.07, 6.45) is 14.7. The molecule has 0 amide bonds. The standard InChI is InChI=1S/C15H31OP/c1-3-4-6-10-15(2)11-9-13-16-12-7-5-8-14-17/h6,10,15H,3-5,7-9,11-14,17H2,1-2H3. The lowest BCUT2D eigenvalue weighted by molar-refractivity contribution is 0.125. The molecule has 0 saturated heterocycles. The summed E-state index contributed by atoms with van der Waals surface area (Å²) < 4.78 is 5.63. The van der Waals surface area contributed by atoms with E-state index in [4.69, 9.17) is 4.74 Å². The molecular formula is C15H31OP. The van der Waals surface area contributed by atoms with Crippen LogP contribution in [0.5, 0.6) is 0 Å². The fourth-order valence-electron chi connectivity index (χ4n) is 1.73. The lowest BCUT2D eigenvalue weighted by Crippen LogP contribution is -1.99. The molecule has 0 rings (SSSR count). The number of unbranched alkanes of at least 4 members (excludes halogenated alkanes) is 3. The Hall–Kier alpha value is 0.130. The van der Waals surface area contributed by atoms with Crippen molar-refractivity contribution < 1.29 is 4.74 Å². The minimum absolute atomic E-state index is 0.710. The Kier molecular flexibility index (Phi) is 14.3. The van der Waals surface area contributed by atoms with Gasteiger partial charge in [0.2, 0.25) is 0 Å². The molecule has 0 bridgehead atoms. The minimum Gasteiger partial charge on any atom is -0.381 e. The Morgan fingerprint density at radius 1 is 1.12 bits per heavy atom. The van der Waals surface area contributed by atoms with Crippen LogP contribution in [-0.2, 0) is 4.74 Å². The second-order valence-electron chi connectivity index (χ2n) is 4.80. The summed E-state index contributed by atoms with van der Waals surface area (Å²) in [5, 5.41) is 0. The first kappa shape index (κ1) is 17.1. The van der Waals surface area contributed by atoms with Crippen LogP contribution in [0.1, 0.15) is 58.8 Å². The lowest BCUT2D eigenvalue weighted by atomic mass is 10.0. The number of hydrogen-bond donors (Lipinski definition) is 0. The van der Waals surface area contributed by atoms with Crippen molar-refractivity contribution >= 4 is 9.24 Å². The second-order valence-corrected chi connectivity index (χ2v) is 5.38. The average Bonchev–Trinajstić information content (AvgIpc) is 2.33. The van der Waals surface area contributed by atoms with Crippen LogP contribution in [0.25, 0.3) is 0 Å². The smallest absolute Gasteiger partial charge is 0.0466 e. The highest BCUT2D eigenvalue weighted by Gasteiger charge is 1.97. The molecule has 0 aliphatic rings. The number of allylic oxidation sites excluding steroid dienone is 2. The van der Waals surface area contributed by atoms with E-state index in [0.29, 0.717) is 5.92 Å². The van der Waals surface area contributed by atoms with Crippen LogP contribution in [-0.4, -0.2) is 19.4 Å². The van der Waals surface area contributed by atoms with Gasteiger partial charge in [-0.3, -0.25) is 0 Å². The zero-order valence-electron chi connectivity index (χ0n) is 11.8. The van der Waals surface area contributed by atoms with Crippen molar-refractivity contribution in [2.75, 3.05) is 19.4 Å². The Labute approximate surface area is 111 Å². The van der Waals surface area contributed by atoms with Crippen LogP contribution in [0.2, 0.25) is 0 Å². The van der Waals surface area contributed by atoms with Gasteiger partial charge in [-0.05, 0) is 44.2 Å². The van der Waals surface area contributed by atoms with Gasteiger partial charge in [0.1, 0.15) is 0 Å². The molecule has 0 aromatic heterocycles. The van der Waals surface area contributed by atoms with E-state index in [0.717, 1.165) is 13.2 Å². The Morgan fingerprint density at radius 3 is 2.59 bits per heavy atom. The second kappa shape index (κ2) is 14.2. The van der Waals surface area contributed by atoms with Gasteiger partial charge < -0.3 is 4.74 Å². The molecule has 0 saturated carbocycles. The molecule has 0 aromatic carbocycles. The fraction of sp³-hybridized carbons (Fsp3) is 0.867. The minimum atomic E-state index is 0.710. The van der Waals surface area contributed by atoms with Crippen LogP contribution in [0.15, 0.2) is 12.2 Å². The number of rotatable bonds is 12. The van der Waals surface area contributed by atoms with Gasteiger partial charge in [0.25, 0.3) is 0 Å². The van der Waals surface area contributed by atoms with Crippen molar-refractivity contribution in [3.05, 3.63) is 12.2 Å². The molecule has 0 aliphatic carbocycles. The average molecular weight is 258 g/mol. The first-order valence-electron chi connectivity index (χ1n) is 7.25. The quantitative estimate of drug-likeness (QED) is 0.277. The number of hydrogen-bond acceptors (Lipinski definition) is 1. The van der Waals surface area contributed by atoms with Gasteiger partial charge in [-0.25, -0.2) is 0 Å². The third-order valence-electron chi connectivity index (χ3n) is 2.86. The van der Waals surface area contributed by atoms with E-state index in [-0.39, 0.29) is 0 Å². The van der Waals surface area contributed by atoms with Gasteiger partial charge in [-0.15, -0.1) is 9.24 Å². The highest BCUT2D eigenvalue weighted by Crippen LogP contribution is 2.08. The van der Waals surface area contributed by atoms with Gasteiger partial charge in [0.05, 0.1) is 0 Å². The van der Waals surface area contributed by atoms with E-state index < -0.39 is 0 Å². The monoisotopic (exact) mass is 258 g/mol. The molecule has 0 radical (unpaired) electrons. The first-order valence-corrected chi connectivity index (χ1v) is 8.07. The molecule has 2 atom stereocenters. The Bertz CT molecular complexity index is 168. The van der Waals surface area contributed by atoms with Gasteiger partial charge in [-0.1, -0.05) is 38.8 Å². The summed E-state index contributed by atoms with van der Waals surface area (Å²) in [4.78, 5) is 0. The summed E-state index contributed by atoms with van der Waals surface area (Å²) in [6.45, 7) is 6.41. The van der Waals surface area contributed by atoms with E-state index in [1.54, 1.807) is 0 Å². The van der Waals surface area contributed by atoms with Gasteiger partial charge in [0.15, 0.2) is 0 Å². The van der Waals surface area contributed by atoms with Crippen molar-refractivity contribution in [2.24, 2.45) is 5.92 Å². The Balaban J connectivity index is 3.16. The van der Waals surface area contributed by atoms with Gasteiger partial charge >= 0.3 is 0 Å². The zero-order chi connectivity index (χ0) is 12.8. The van der Waals surface area contributed by atoms with E-state index >= 15 is 0 Å². The van der Waals surface area contributed by atoms with Gasteiger partial charge in [0, 0.05) is 13.2 Å². The molecule has 1 nitrogen and oxygen atoms in total. The molecule has 0 fully saturated rings. The summed E-state index contributed by atoms with van der Waals surface area (Å²) in [5.41, 5.74) is 0. The van der Waals surface area contributed by atoms with Crippen LogP contribution in [0.3, 0.4) is 0 Å². The molecule has 17 heavy (non-hydrogen) atoms. The van der Waals surface area contributed by atoms with E-state index in [1.807, 2.05) is 0 Å². The van der Waals surface area contributed by atoms with Crippen molar-refractivity contribution in [1.82, 2.24) is 0 Å². The topological polar surface area (TPSA) is 9.23 Å². The van der Waals surface area contributed by atoms with Crippen LogP contribution in [0, 0.1) is 5.92 Å². The summed E-state index contributed by atoms with van der Waals surface area (Å²) in [7, 11) is 2.77. The van der Waals surface area contributed by atoms with Crippen molar-refractivity contribution in [1.29, 1.82) is 0 Å². The SMILES string of the molecule is CCCC=CC(C)CCCOCCCCCP. The maximum Gasteiger partial charge on any atom is 0.0466 e. The lowest BCUT2D eigenvalue weighted by Gasteiger charge is -2.07. The summed E-state index contributed by atoms with van der Waals surface area (Å²) >= 11 is 0. The summed E-state index contributed by atoms with van der Waals surface area (Å²) in [6, 6.07) is 0. The predicted molar refractivity (Wildman–Crippen MR) is 81.7 cm³/mol. The van der Waals surface area contributed by atoms with Crippen molar-refractivity contribution in [3.63, 3.8) is 0 Å². The highest BCUT2D eigenvalue weighted by atomic mass is 31.0. The fourth-order valence-corrected chi connectivity index (χ4v) is 2.01. The molecule has 0 N–H and O–H groups in total. The Morgan fingerprint density at radius 2 is 1.88 bits per heavy atom. The third kappa shape index (κ3) is 14.1. The van der Waals surface area contributed by atoms with E-state index in [2.05, 4.69) is 35.2 Å². The normalized spacial score (nSPS) is 13.4. The van der Waals surface area contributed by atoms with Gasteiger partial charge in [-0.2, -0.15) is 0 Å².